The van der Waals surface area contributed by atoms with Crippen LogP contribution in [0.4, 0.5) is 5.69 Å². The first-order valence-corrected chi connectivity index (χ1v) is 9.97. The molecule has 26 heavy (non-hydrogen) atoms. The van der Waals surface area contributed by atoms with Crippen molar-refractivity contribution in [3.05, 3.63) is 75.0 Å². The van der Waals surface area contributed by atoms with Crippen molar-refractivity contribution < 1.29 is 4.79 Å². The minimum atomic E-state index is -0.0764. The monoisotopic (exact) mass is 452 g/mol. The Morgan fingerprint density at radius 2 is 1.92 bits per heavy atom. The first kappa shape index (κ1) is 16.0. The largest absolute Gasteiger partial charge is 0.373 e. The van der Waals surface area contributed by atoms with Crippen LogP contribution in [0.1, 0.15) is 36.4 Å². The molecule has 2 aromatic carbocycles. The van der Waals surface area contributed by atoms with Crippen molar-refractivity contribution in [2.75, 3.05) is 5.32 Å². The summed E-state index contributed by atoms with van der Waals surface area (Å²) in [6.07, 6.45) is 4.33. The molecule has 5 rings (SSSR count). The standard InChI is InChI=1S/C22H17IN2O/c23-16-8-2-1-5-13(16)22-21-15(6-3-9-19(21)26)20-14-7-4-12-24-17(14)10-11-18(20)25-22/h1-2,4-5,7-8,10-12,22,25H,3,6,9H2/t22-/m0/s1. The maximum absolute atomic E-state index is 13.0. The summed E-state index contributed by atoms with van der Waals surface area (Å²) in [5.74, 6) is 0.273. The van der Waals surface area contributed by atoms with E-state index in [9.17, 15) is 4.79 Å². The number of Topliss-reactive ketones (excluding diaryl/α,β-unsaturated/α-hetero) is 1. The highest BCUT2D eigenvalue weighted by Gasteiger charge is 2.35. The summed E-state index contributed by atoms with van der Waals surface area (Å²) >= 11 is 2.36. The van der Waals surface area contributed by atoms with Gasteiger partial charge in [-0.1, -0.05) is 24.3 Å². The van der Waals surface area contributed by atoms with E-state index in [0.29, 0.717) is 6.42 Å². The Balaban J connectivity index is 1.81. The van der Waals surface area contributed by atoms with E-state index >= 15 is 0 Å². The van der Waals surface area contributed by atoms with Crippen LogP contribution in [-0.2, 0) is 4.79 Å². The molecule has 0 radical (unpaired) electrons. The third-order valence-electron chi connectivity index (χ3n) is 5.35. The number of carbonyl (C=O) groups is 1. The zero-order valence-corrected chi connectivity index (χ0v) is 16.3. The van der Waals surface area contributed by atoms with E-state index in [4.69, 9.17) is 0 Å². The molecule has 0 unspecified atom stereocenters. The molecule has 3 aromatic rings. The highest BCUT2D eigenvalue weighted by molar-refractivity contribution is 14.1. The van der Waals surface area contributed by atoms with Crippen molar-refractivity contribution in [2.45, 2.75) is 25.3 Å². The van der Waals surface area contributed by atoms with Crippen LogP contribution in [0, 0.1) is 3.57 Å². The molecular weight excluding hydrogens is 435 g/mol. The molecular formula is C22H17IN2O. The zero-order valence-electron chi connectivity index (χ0n) is 14.1. The molecule has 1 aliphatic heterocycles. The number of hydrogen-bond donors (Lipinski definition) is 1. The second-order valence-corrected chi connectivity index (χ2v) is 7.99. The van der Waals surface area contributed by atoms with Crippen LogP contribution < -0.4 is 5.32 Å². The molecule has 3 nitrogen and oxygen atoms in total. The SMILES string of the molecule is O=C1CCCC2=C1[C@H](c1ccccc1I)Nc1ccc3ncccc3c12. The zero-order chi connectivity index (χ0) is 17.7. The number of anilines is 1. The summed E-state index contributed by atoms with van der Waals surface area (Å²) in [6, 6.07) is 16.5. The number of allylic oxidation sites excluding steroid dienone is 1. The van der Waals surface area contributed by atoms with E-state index in [1.165, 1.54) is 20.3 Å². The number of nitrogens with one attached hydrogen (secondary N) is 1. The van der Waals surface area contributed by atoms with Gasteiger partial charge in [0.1, 0.15) is 0 Å². The molecule has 128 valence electrons. The average molecular weight is 452 g/mol. The van der Waals surface area contributed by atoms with Gasteiger partial charge in [0, 0.05) is 38.4 Å². The molecule has 0 saturated heterocycles. The van der Waals surface area contributed by atoms with Crippen molar-refractivity contribution in [2.24, 2.45) is 0 Å². The van der Waals surface area contributed by atoms with Crippen LogP contribution in [0.2, 0.25) is 0 Å². The van der Waals surface area contributed by atoms with Crippen molar-refractivity contribution in [3.63, 3.8) is 0 Å². The van der Waals surface area contributed by atoms with Crippen LogP contribution in [0.5, 0.6) is 0 Å². The van der Waals surface area contributed by atoms with Gasteiger partial charge in [-0.15, -0.1) is 0 Å². The van der Waals surface area contributed by atoms with Gasteiger partial charge in [0.25, 0.3) is 0 Å². The number of ketones is 1. The second-order valence-electron chi connectivity index (χ2n) is 6.83. The Hall–Kier alpha value is -2.21. The molecule has 1 atom stereocenters. The second kappa shape index (κ2) is 6.20. The lowest BCUT2D eigenvalue weighted by Crippen LogP contribution is -2.27. The van der Waals surface area contributed by atoms with Gasteiger partial charge in [-0.05, 0) is 70.8 Å². The van der Waals surface area contributed by atoms with Crippen molar-refractivity contribution in [3.8, 4) is 0 Å². The summed E-state index contributed by atoms with van der Waals surface area (Å²) in [7, 11) is 0. The average Bonchev–Trinajstić information content (AvgIpc) is 2.67. The van der Waals surface area contributed by atoms with Crippen LogP contribution in [-0.4, -0.2) is 10.8 Å². The van der Waals surface area contributed by atoms with Gasteiger partial charge >= 0.3 is 0 Å². The van der Waals surface area contributed by atoms with E-state index in [1.54, 1.807) is 0 Å². The van der Waals surface area contributed by atoms with E-state index in [2.05, 4.69) is 63.2 Å². The summed E-state index contributed by atoms with van der Waals surface area (Å²) in [5.41, 5.74) is 6.57. The predicted octanol–water partition coefficient (Wildman–Crippen LogP) is 5.51. The number of hydrogen-bond acceptors (Lipinski definition) is 3. The molecule has 1 aliphatic carbocycles. The minimum absolute atomic E-state index is 0.0764. The number of carbonyl (C=O) groups excluding carboxylic acids is 1. The molecule has 0 saturated carbocycles. The fourth-order valence-corrected chi connectivity index (χ4v) is 4.92. The molecule has 2 aliphatic rings. The van der Waals surface area contributed by atoms with Gasteiger partial charge in [-0.2, -0.15) is 0 Å². The summed E-state index contributed by atoms with van der Waals surface area (Å²) in [6.45, 7) is 0. The van der Waals surface area contributed by atoms with Gasteiger partial charge in [0.2, 0.25) is 0 Å². The van der Waals surface area contributed by atoms with Gasteiger partial charge in [-0.3, -0.25) is 9.78 Å². The maximum Gasteiger partial charge on any atom is 0.161 e. The number of pyridine rings is 1. The first-order chi connectivity index (χ1) is 12.7. The summed E-state index contributed by atoms with van der Waals surface area (Å²) < 4.78 is 1.18. The topological polar surface area (TPSA) is 42.0 Å². The molecule has 0 bridgehead atoms. The molecule has 1 aromatic heterocycles. The summed E-state index contributed by atoms with van der Waals surface area (Å²) in [4.78, 5) is 17.5. The lowest BCUT2D eigenvalue weighted by molar-refractivity contribution is -0.116. The van der Waals surface area contributed by atoms with Gasteiger partial charge < -0.3 is 5.32 Å². The number of nitrogens with zero attached hydrogens (tertiary/aromatic N) is 1. The van der Waals surface area contributed by atoms with Crippen LogP contribution in [0.15, 0.2) is 60.3 Å². The van der Waals surface area contributed by atoms with E-state index < -0.39 is 0 Å². The third-order valence-corrected chi connectivity index (χ3v) is 6.33. The van der Waals surface area contributed by atoms with Crippen LogP contribution >= 0.6 is 22.6 Å². The van der Waals surface area contributed by atoms with Crippen molar-refractivity contribution in [1.82, 2.24) is 4.98 Å². The molecule has 4 heteroatoms. The predicted molar refractivity (Wildman–Crippen MR) is 113 cm³/mol. The summed E-state index contributed by atoms with van der Waals surface area (Å²) in [5, 5.41) is 4.79. The smallest absolute Gasteiger partial charge is 0.161 e. The normalized spacial score (nSPS) is 19.1. The number of benzene rings is 2. The van der Waals surface area contributed by atoms with Crippen molar-refractivity contribution >= 4 is 50.5 Å². The Morgan fingerprint density at radius 3 is 2.81 bits per heavy atom. The first-order valence-electron chi connectivity index (χ1n) is 8.89. The van der Waals surface area contributed by atoms with Crippen LogP contribution in [0.25, 0.3) is 16.5 Å². The Kier molecular flexibility index (Phi) is 3.81. The van der Waals surface area contributed by atoms with E-state index in [1.807, 2.05) is 24.4 Å². The van der Waals surface area contributed by atoms with Gasteiger partial charge in [0.05, 0.1) is 11.6 Å². The number of fused-ring (bicyclic) bond motifs is 4. The van der Waals surface area contributed by atoms with E-state index in [-0.39, 0.29) is 11.8 Å². The minimum Gasteiger partial charge on any atom is -0.373 e. The molecule has 2 heterocycles. The Labute approximate surface area is 165 Å². The van der Waals surface area contributed by atoms with E-state index in [0.717, 1.165) is 35.0 Å². The molecule has 0 fully saturated rings. The van der Waals surface area contributed by atoms with Gasteiger partial charge in [0.15, 0.2) is 5.78 Å². The fraction of sp³-hybridized carbons (Fsp3) is 0.182. The number of halogens is 1. The Morgan fingerprint density at radius 1 is 1.04 bits per heavy atom. The number of rotatable bonds is 1. The fourth-order valence-electron chi connectivity index (χ4n) is 4.23. The maximum atomic E-state index is 13.0. The molecule has 0 spiro atoms. The third kappa shape index (κ3) is 2.39. The number of aromatic nitrogens is 1. The highest BCUT2D eigenvalue weighted by Crippen LogP contribution is 2.48. The highest BCUT2D eigenvalue weighted by atomic mass is 127. The molecule has 1 N–H and O–H groups in total. The van der Waals surface area contributed by atoms with Crippen molar-refractivity contribution in [1.29, 1.82) is 0 Å². The molecule has 0 amide bonds. The van der Waals surface area contributed by atoms with Crippen LogP contribution in [0.3, 0.4) is 0 Å². The lowest BCUT2D eigenvalue weighted by Gasteiger charge is -2.35. The van der Waals surface area contributed by atoms with Gasteiger partial charge in [-0.25, -0.2) is 0 Å². The lowest BCUT2D eigenvalue weighted by atomic mass is 9.77. The Bertz CT molecular complexity index is 1090. The quantitative estimate of drug-likeness (QED) is 0.495.